The molecule has 8 nitrogen and oxygen atoms in total. The van der Waals surface area contributed by atoms with Gasteiger partial charge in [0.15, 0.2) is 0 Å². The molecule has 0 radical (unpaired) electrons. The number of hydrogen-bond acceptors (Lipinski definition) is 7. The quantitative estimate of drug-likeness (QED) is 0.520. The van der Waals surface area contributed by atoms with Gasteiger partial charge in [-0.2, -0.15) is 4.98 Å². The number of aromatic nitrogens is 2. The molecule has 1 saturated heterocycles. The van der Waals surface area contributed by atoms with Crippen LogP contribution in [0.3, 0.4) is 0 Å². The average Bonchev–Trinajstić information content (AvgIpc) is 3.29. The van der Waals surface area contributed by atoms with E-state index in [1.54, 1.807) is 19.1 Å². The largest absolute Gasteiger partial charge is 0.462 e. The van der Waals surface area contributed by atoms with Gasteiger partial charge in [-0.15, -0.1) is 0 Å². The summed E-state index contributed by atoms with van der Waals surface area (Å²) < 4.78 is 10.6. The number of rotatable bonds is 7. The number of benzene rings is 2. The van der Waals surface area contributed by atoms with Crippen molar-refractivity contribution >= 4 is 17.6 Å². The minimum atomic E-state index is -0.385. The Hall–Kier alpha value is -3.52. The summed E-state index contributed by atoms with van der Waals surface area (Å²) in [5.74, 6) is 0.500. The van der Waals surface area contributed by atoms with Crippen LogP contribution in [0.25, 0.3) is 11.4 Å². The molecule has 1 atom stereocenters. The van der Waals surface area contributed by atoms with Crippen LogP contribution in [0.15, 0.2) is 47.0 Å². The van der Waals surface area contributed by atoms with Gasteiger partial charge < -0.3 is 14.6 Å². The van der Waals surface area contributed by atoms with E-state index >= 15 is 0 Å². The Labute approximate surface area is 199 Å². The first-order valence-electron chi connectivity index (χ1n) is 11.6. The summed E-state index contributed by atoms with van der Waals surface area (Å²) in [7, 11) is 0. The Balaban J connectivity index is 1.38. The van der Waals surface area contributed by atoms with E-state index in [1.165, 1.54) is 0 Å². The van der Waals surface area contributed by atoms with Gasteiger partial charge in [-0.3, -0.25) is 9.69 Å². The molecule has 178 valence electrons. The highest BCUT2D eigenvalue weighted by Gasteiger charge is 2.27. The lowest BCUT2D eigenvalue weighted by Gasteiger charge is -2.31. The first kappa shape index (κ1) is 23.6. The molecule has 1 N–H and O–H groups in total. The maximum Gasteiger partial charge on any atom is 0.338 e. The zero-order valence-electron chi connectivity index (χ0n) is 19.8. The molecule has 4 rings (SSSR count). The smallest absolute Gasteiger partial charge is 0.338 e. The van der Waals surface area contributed by atoms with E-state index in [1.807, 2.05) is 44.2 Å². The summed E-state index contributed by atoms with van der Waals surface area (Å²) >= 11 is 0. The Morgan fingerprint density at radius 1 is 1.21 bits per heavy atom. The number of carbonyl (C=O) groups excluding carboxylic acids is 2. The first-order chi connectivity index (χ1) is 16.4. The lowest BCUT2D eigenvalue weighted by atomic mass is 9.96. The molecule has 34 heavy (non-hydrogen) atoms. The third-order valence-electron chi connectivity index (χ3n) is 6.07. The minimum absolute atomic E-state index is 0.0558. The number of piperidine rings is 1. The van der Waals surface area contributed by atoms with E-state index in [0.717, 1.165) is 30.5 Å². The van der Waals surface area contributed by atoms with Gasteiger partial charge in [0.2, 0.25) is 17.6 Å². The maximum absolute atomic E-state index is 13.0. The molecule has 1 aromatic heterocycles. The van der Waals surface area contributed by atoms with Crippen molar-refractivity contribution in [1.29, 1.82) is 0 Å². The van der Waals surface area contributed by atoms with Crippen molar-refractivity contribution in [2.24, 2.45) is 5.92 Å². The van der Waals surface area contributed by atoms with Crippen molar-refractivity contribution in [3.8, 4) is 11.4 Å². The summed E-state index contributed by atoms with van der Waals surface area (Å²) in [5, 5.41) is 7.13. The van der Waals surface area contributed by atoms with Crippen LogP contribution in [0, 0.1) is 19.8 Å². The monoisotopic (exact) mass is 462 g/mol. The third-order valence-corrected chi connectivity index (χ3v) is 6.07. The van der Waals surface area contributed by atoms with Crippen molar-refractivity contribution in [1.82, 2.24) is 15.0 Å². The Morgan fingerprint density at radius 2 is 2.03 bits per heavy atom. The molecular weight excluding hydrogens is 432 g/mol. The molecule has 0 aliphatic carbocycles. The molecule has 1 aliphatic heterocycles. The number of nitrogens with zero attached hydrogens (tertiary/aromatic N) is 3. The molecule has 1 unspecified atom stereocenters. The van der Waals surface area contributed by atoms with E-state index < -0.39 is 0 Å². The van der Waals surface area contributed by atoms with Crippen LogP contribution in [-0.4, -0.2) is 46.6 Å². The van der Waals surface area contributed by atoms with Crippen LogP contribution in [0.2, 0.25) is 0 Å². The number of nitrogens with one attached hydrogen (secondary N) is 1. The van der Waals surface area contributed by atoms with Gasteiger partial charge in [-0.05, 0) is 63.9 Å². The number of hydrogen-bond donors (Lipinski definition) is 1. The molecule has 2 heterocycles. The molecule has 0 bridgehead atoms. The van der Waals surface area contributed by atoms with E-state index in [2.05, 4.69) is 20.4 Å². The molecule has 1 amide bonds. The number of esters is 1. The summed E-state index contributed by atoms with van der Waals surface area (Å²) in [6.45, 7) is 7.88. The van der Waals surface area contributed by atoms with Crippen molar-refractivity contribution in [3.05, 3.63) is 65.0 Å². The van der Waals surface area contributed by atoms with E-state index in [-0.39, 0.29) is 17.8 Å². The predicted molar refractivity (Wildman–Crippen MR) is 128 cm³/mol. The van der Waals surface area contributed by atoms with Crippen LogP contribution in [0.5, 0.6) is 0 Å². The Bertz CT molecular complexity index is 1170. The summed E-state index contributed by atoms with van der Waals surface area (Å²) in [4.78, 5) is 31.9. The van der Waals surface area contributed by atoms with Gasteiger partial charge >= 0.3 is 5.97 Å². The second-order valence-corrected chi connectivity index (χ2v) is 8.64. The summed E-state index contributed by atoms with van der Waals surface area (Å²) in [6.07, 6.45) is 1.70. The second kappa shape index (κ2) is 10.6. The number of amides is 1. The van der Waals surface area contributed by atoms with E-state index in [0.29, 0.717) is 48.2 Å². The molecule has 8 heteroatoms. The molecule has 0 saturated carbocycles. The predicted octanol–water partition coefficient (Wildman–Crippen LogP) is 4.38. The van der Waals surface area contributed by atoms with Crippen LogP contribution >= 0.6 is 0 Å². The molecule has 0 spiro atoms. The van der Waals surface area contributed by atoms with Crippen molar-refractivity contribution < 1.29 is 18.8 Å². The number of carbonyl (C=O) groups is 2. The summed E-state index contributed by atoms with van der Waals surface area (Å²) in [6, 6.07) is 13.2. The molecule has 3 aromatic rings. The Kier molecular flexibility index (Phi) is 7.37. The molecule has 2 aromatic carbocycles. The highest BCUT2D eigenvalue weighted by molar-refractivity contribution is 5.97. The van der Waals surface area contributed by atoms with Crippen LogP contribution in [-0.2, 0) is 16.1 Å². The summed E-state index contributed by atoms with van der Waals surface area (Å²) in [5.41, 5.74) is 3.86. The van der Waals surface area contributed by atoms with Crippen molar-refractivity contribution in [3.63, 3.8) is 0 Å². The van der Waals surface area contributed by atoms with Crippen LogP contribution in [0.1, 0.15) is 47.1 Å². The zero-order valence-corrected chi connectivity index (χ0v) is 19.8. The number of aryl methyl sites for hydroxylation is 1. The average molecular weight is 463 g/mol. The third kappa shape index (κ3) is 5.51. The van der Waals surface area contributed by atoms with Gasteiger partial charge in [0, 0.05) is 17.8 Å². The number of anilines is 1. The van der Waals surface area contributed by atoms with E-state index in [4.69, 9.17) is 9.26 Å². The van der Waals surface area contributed by atoms with Gasteiger partial charge in [0.1, 0.15) is 0 Å². The van der Waals surface area contributed by atoms with Crippen LogP contribution in [0.4, 0.5) is 5.69 Å². The fourth-order valence-electron chi connectivity index (χ4n) is 4.26. The van der Waals surface area contributed by atoms with Gasteiger partial charge in [-0.25, -0.2) is 4.79 Å². The highest BCUT2D eigenvalue weighted by atomic mass is 16.5. The zero-order chi connectivity index (χ0) is 24.1. The number of ether oxygens (including phenoxy) is 1. The molecule has 1 aliphatic rings. The maximum atomic E-state index is 13.0. The van der Waals surface area contributed by atoms with Gasteiger partial charge in [0.05, 0.1) is 24.6 Å². The van der Waals surface area contributed by atoms with Crippen molar-refractivity contribution in [2.75, 3.05) is 25.0 Å². The van der Waals surface area contributed by atoms with E-state index in [9.17, 15) is 9.59 Å². The molecule has 1 fully saturated rings. The molecular formula is C26H30N4O4. The van der Waals surface area contributed by atoms with Gasteiger partial charge in [0.25, 0.3) is 0 Å². The fourth-order valence-corrected chi connectivity index (χ4v) is 4.26. The lowest BCUT2D eigenvalue weighted by molar-refractivity contribution is -0.121. The second-order valence-electron chi connectivity index (χ2n) is 8.64. The first-order valence-corrected chi connectivity index (χ1v) is 11.6. The lowest BCUT2D eigenvalue weighted by Crippen LogP contribution is -2.40. The normalized spacial score (nSPS) is 16.3. The van der Waals surface area contributed by atoms with Crippen LogP contribution < -0.4 is 5.32 Å². The number of likely N-dealkylation sites (tertiary alicyclic amines) is 1. The van der Waals surface area contributed by atoms with Gasteiger partial charge in [-0.1, -0.05) is 35.0 Å². The fraction of sp³-hybridized carbons (Fsp3) is 0.385. The SMILES string of the molecule is CCOC(=O)c1cccc(NC(=O)C2CCCN(Cc3nc(-c4cccc(C)c4)no3)C2)c1C. The Morgan fingerprint density at radius 3 is 2.82 bits per heavy atom. The topological polar surface area (TPSA) is 97.6 Å². The minimum Gasteiger partial charge on any atom is -0.462 e. The highest BCUT2D eigenvalue weighted by Crippen LogP contribution is 2.24. The van der Waals surface area contributed by atoms with Crippen molar-refractivity contribution in [2.45, 2.75) is 40.2 Å². The standard InChI is InChI=1S/C26H30N4O4/c1-4-33-26(32)21-11-6-12-22(18(21)3)27-25(31)20-10-7-13-30(15-20)16-23-28-24(29-34-23)19-9-5-8-17(2)14-19/h5-6,8-9,11-12,14,20H,4,7,10,13,15-16H2,1-3H3,(H,27,31).